The zero-order valence-corrected chi connectivity index (χ0v) is 11.1. The fraction of sp³-hybridized carbons (Fsp3) is 0.571. The molecule has 0 saturated heterocycles. The molecule has 1 aromatic rings. The standard InChI is InChI=1S/C14H20N2O3/c1-16-7-6-11(8-13(16)18)14(19)15-12-4-2-10(9-17)3-5-12/h6-8,10,12,17H,2-5,9H2,1H3,(H,15,19). The molecule has 0 radical (unpaired) electrons. The van der Waals surface area contributed by atoms with Gasteiger partial charge in [-0.2, -0.15) is 0 Å². The van der Waals surface area contributed by atoms with Crippen LogP contribution in [0, 0.1) is 5.92 Å². The molecule has 1 aliphatic rings. The summed E-state index contributed by atoms with van der Waals surface area (Å²) in [4.78, 5) is 23.5. The van der Waals surface area contributed by atoms with E-state index >= 15 is 0 Å². The van der Waals surface area contributed by atoms with Gasteiger partial charge in [0.1, 0.15) is 0 Å². The van der Waals surface area contributed by atoms with Gasteiger partial charge in [0.15, 0.2) is 0 Å². The highest BCUT2D eigenvalue weighted by Gasteiger charge is 2.22. The van der Waals surface area contributed by atoms with Crippen molar-refractivity contribution in [3.63, 3.8) is 0 Å². The molecule has 1 aliphatic carbocycles. The topological polar surface area (TPSA) is 71.3 Å². The zero-order valence-electron chi connectivity index (χ0n) is 11.1. The first-order valence-corrected chi connectivity index (χ1v) is 6.68. The van der Waals surface area contributed by atoms with Crippen molar-refractivity contribution in [1.82, 2.24) is 9.88 Å². The minimum atomic E-state index is -0.190. The van der Waals surface area contributed by atoms with Crippen LogP contribution in [-0.2, 0) is 7.05 Å². The Morgan fingerprint density at radius 2 is 2.11 bits per heavy atom. The van der Waals surface area contributed by atoms with Gasteiger partial charge in [-0.05, 0) is 37.7 Å². The van der Waals surface area contributed by atoms with Crippen LogP contribution >= 0.6 is 0 Å². The lowest BCUT2D eigenvalue weighted by Gasteiger charge is -2.27. The van der Waals surface area contributed by atoms with Gasteiger partial charge >= 0.3 is 0 Å². The van der Waals surface area contributed by atoms with Gasteiger partial charge < -0.3 is 15.0 Å². The molecule has 1 aromatic heterocycles. The Morgan fingerprint density at radius 3 is 2.68 bits per heavy atom. The number of nitrogens with one attached hydrogen (secondary N) is 1. The first kappa shape index (κ1) is 13.8. The summed E-state index contributed by atoms with van der Waals surface area (Å²) < 4.78 is 1.43. The molecule has 0 atom stereocenters. The van der Waals surface area contributed by atoms with Crippen LogP contribution in [0.5, 0.6) is 0 Å². The number of carbonyl (C=O) groups excluding carboxylic acids is 1. The molecule has 1 amide bonds. The minimum absolute atomic E-state index is 0.152. The molecule has 0 spiro atoms. The average Bonchev–Trinajstić information content (AvgIpc) is 2.42. The second-order valence-corrected chi connectivity index (χ2v) is 5.24. The number of hydrogen-bond acceptors (Lipinski definition) is 3. The van der Waals surface area contributed by atoms with Crippen molar-refractivity contribution in [3.05, 3.63) is 34.2 Å². The number of carbonyl (C=O) groups is 1. The predicted octanol–water partition coefficient (Wildman–Crippen LogP) is 0.666. The van der Waals surface area contributed by atoms with Crippen LogP contribution in [0.3, 0.4) is 0 Å². The molecule has 1 heterocycles. The van der Waals surface area contributed by atoms with E-state index in [2.05, 4.69) is 5.32 Å². The van der Waals surface area contributed by atoms with Crippen molar-refractivity contribution >= 4 is 5.91 Å². The largest absolute Gasteiger partial charge is 0.396 e. The third-order valence-corrected chi connectivity index (χ3v) is 3.81. The highest BCUT2D eigenvalue weighted by atomic mass is 16.3. The molecule has 1 saturated carbocycles. The van der Waals surface area contributed by atoms with Crippen molar-refractivity contribution in [3.8, 4) is 0 Å². The maximum absolute atomic E-state index is 12.0. The summed E-state index contributed by atoms with van der Waals surface area (Å²) in [7, 11) is 1.65. The highest BCUT2D eigenvalue weighted by Crippen LogP contribution is 2.23. The third kappa shape index (κ3) is 3.44. The smallest absolute Gasteiger partial charge is 0.251 e. The van der Waals surface area contributed by atoms with Crippen LogP contribution in [-0.4, -0.2) is 28.2 Å². The first-order chi connectivity index (χ1) is 9.10. The van der Waals surface area contributed by atoms with Crippen LogP contribution in [0.15, 0.2) is 23.1 Å². The lowest BCUT2D eigenvalue weighted by molar-refractivity contribution is 0.0913. The molecule has 0 bridgehead atoms. The molecular formula is C14H20N2O3. The first-order valence-electron chi connectivity index (χ1n) is 6.68. The molecule has 5 nitrogen and oxygen atoms in total. The molecular weight excluding hydrogens is 244 g/mol. The quantitative estimate of drug-likeness (QED) is 0.842. The van der Waals surface area contributed by atoms with Gasteiger partial charge in [0.05, 0.1) is 0 Å². The number of aromatic nitrogens is 1. The van der Waals surface area contributed by atoms with E-state index < -0.39 is 0 Å². The number of pyridine rings is 1. The molecule has 2 N–H and O–H groups in total. The van der Waals surface area contributed by atoms with Crippen molar-refractivity contribution in [2.45, 2.75) is 31.7 Å². The Hall–Kier alpha value is -1.62. The monoisotopic (exact) mass is 264 g/mol. The van der Waals surface area contributed by atoms with Crippen LogP contribution < -0.4 is 10.9 Å². The lowest BCUT2D eigenvalue weighted by Crippen LogP contribution is -2.38. The normalized spacial score (nSPS) is 23.1. The van der Waals surface area contributed by atoms with Gasteiger partial charge in [-0.15, -0.1) is 0 Å². The van der Waals surface area contributed by atoms with Gasteiger partial charge in [0.25, 0.3) is 11.5 Å². The summed E-state index contributed by atoms with van der Waals surface area (Å²) in [6, 6.07) is 3.16. The molecule has 5 heteroatoms. The molecule has 1 fully saturated rings. The van der Waals surface area contributed by atoms with Gasteiger partial charge in [-0.25, -0.2) is 0 Å². The van der Waals surface area contributed by atoms with E-state index in [1.165, 1.54) is 10.6 Å². The summed E-state index contributed by atoms with van der Waals surface area (Å²) in [5.74, 6) is 0.183. The Kier molecular flexibility index (Phi) is 4.37. The van der Waals surface area contributed by atoms with Crippen LogP contribution in [0.25, 0.3) is 0 Å². The summed E-state index contributed by atoms with van der Waals surface area (Å²) in [6.07, 6.45) is 5.26. The summed E-state index contributed by atoms with van der Waals surface area (Å²) in [6.45, 7) is 0.232. The second-order valence-electron chi connectivity index (χ2n) is 5.24. The summed E-state index contributed by atoms with van der Waals surface area (Å²) >= 11 is 0. The van der Waals surface area contributed by atoms with Crippen LogP contribution in [0.1, 0.15) is 36.0 Å². The van der Waals surface area contributed by atoms with Crippen molar-refractivity contribution in [1.29, 1.82) is 0 Å². The van der Waals surface area contributed by atoms with Crippen molar-refractivity contribution in [2.75, 3.05) is 6.61 Å². The number of rotatable bonds is 3. The highest BCUT2D eigenvalue weighted by molar-refractivity contribution is 5.94. The molecule has 2 rings (SSSR count). The second kappa shape index (κ2) is 6.02. The SMILES string of the molecule is Cn1ccc(C(=O)NC2CCC(CO)CC2)cc1=O. The predicted molar refractivity (Wildman–Crippen MR) is 72.0 cm³/mol. The summed E-state index contributed by atoms with van der Waals surface area (Å²) in [5.41, 5.74) is 0.226. The van der Waals surface area contributed by atoms with Crippen LogP contribution in [0.4, 0.5) is 0 Å². The van der Waals surface area contributed by atoms with Crippen molar-refractivity contribution in [2.24, 2.45) is 13.0 Å². The molecule has 0 unspecified atom stereocenters. The Morgan fingerprint density at radius 1 is 1.42 bits per heavy atom. The number of hydrogen-bond donors (Lipinski definition) is 2. The van der Waals surface area contributed by atoms with E-state index in [4.69, 9.17) is 5.11 Å². The number of aliphatic hydroxyl groups excluding tert-OH is 1. The average molecular weight is 264 g/mol. The fourth-order valence-corrected chi connectivity index (χ4v) is 2.45. The number of aryl methyl sites for hydroxylation is 1. The van der Waals surface area contributed by atoms with Gasteiger partial charge in [-0.3, -0.25) is 9.59 Å². The number of amides is 1. The fourth-order valence-electron chi connectivity index (χ4n) is 2.45. The van der Waals surface area contributed by atoms with E-state index in [-0.39, 0.29) is 24.1 Å². The van der Waals surface area contributed by atoms with E-state index in [0.29, 0.717) is 11.5 Å². The molecule has 104 valence electrons. The Balaban J connectivity index is 1.94. The molecule has 0 aromatic carbocycles. The van der Waals surface area contributed by atoms with E-state index in [9.17, 15) is 9.59 Å². The van der Waals surface area contributed by atoms with Gasteiger partial charge in [0, 0.05) is 37.5 Å². The zero-order chi connectivity index (χ0) is 13.8. The summed E-state index contributed by atoms with van der Waals surface area (Å²) in [5, 5.41) is 12.0. The maximum atomic E-state index is 12.0. The number of nitrogens with zero attached hydrogens (tertiary/aromatic N) is 1. The van der Waals surface area contributed by atoms with Gasteiger partial charge in [0.2, 0.25) is 0 Å². The number of aliphatic hydroxyl groups is 1. The van der Waals surface area contributed by atoms with Gasteiger partial charge in [-0.1, -0.05) is 0 Å². The Labute approximate surface area is 112 Å². The lowest BCUT2D eigenvalue weighted by atomic mass is 9.86. The maximum Gasteiger partial charge on any atom is 0.251 e. The Bertz CT molecular complexity index is 502. The van der Waals surface area contributed by atoms with E-state index in [1.807, 2.05) is 0 Å². The molecule has 0 aliphatic heterocycles. The van der Waals surface area contributed by atoms with Crippen molar-refractivity contribution < 1.29 is 9.90 Å². The van der Waals surface area contributed by atoms with E-state index in [0.717, 1.165) is 25.7 Å². The minimum Gasteiger partial charge on any atom is -0.396 e. The van der Waals surface area contributed by atoms with E-state index in [1.54, 1.807) is 19.3 Å². The third-order valence-electron chi connectivity index (χ3n) is 3.81. The van der Waals surface area contributed by atoms with Crippen LogP contribution in [0.2, 0.25) is 0 Å². The molecule has 19 heavy (non-hydrogen) atoms.